The van der Waals surface area contributed by atoms with E-state index in [4.69, 9.17) is 10.5 Å². The van der Waals surface area contributed by atoms with E-state index in [0.29, 0.717) is 5.92 Å². The minimum absolute atomic E-state index is 0.500. The van der Waals surface area contributed by atoms with Gasteiger partial charge in [0.15, 0.2) is 0 Å². The molecule has 2 nitrogen and oxygen atoms in total. The summed E-state index contributed by atoms with van der Waals surface area (Å²) in [5, 5.41) is 0. The first kappa shape index (κ1) is 14.0. The minimum atomic E-state index is 0.500. The van der Waals surface area contributed by atoms with Crippen molar-refractivity contribution < 1.29 is 4.74 Å². The maximum atomic E-state index is 5.78. The maximum absolute atomic E-state index is 5.78. The molecule has 1 aromatic rings. The van der Waals surface area contributed by atoms with E-state index in [2.05, 4.69) is 39.0 Å². The van der Waals surface area contributed by atoms with Crippen molar-refractivity contribution in [2.75, 3.05) is 13.2 Å². The lowest BCUT2D eigenvalue weighted by Crippen LogP contribution is -2.03. The Morgan fingerprint density at radius 1 is 1.29 bits per heavy atom. The first-order valence-electron chi connectivity index (χ1n) is 6.64. The van der Waals surface area contributed by atoms with Crippen LogP contribution in [0.25, 0.3) is 0 Å². The topological polar surface area (TPSA) is 35.2 Å². The Morgan fingerprint density at radius 3 is 2.65 bits per heavy atom. The highest BCUT2D eigenvalue weighted by Crippen LogP contribution is 2.28. The van der Waals surface area contributed by atoms with Gasteiger partial charge in [-0.25, -0.2) is 0 Å². The third kappa shape index (κ3) is 4.39. The van der Waals surface area contributed by atoms with Crippen LogP contribution in [0.5, 0.6) is 5.75 Å². The number of hydrogen-bond acceptors (Lipinski definition) is 2. The summed E-state index contributed by atoms with van der Waals surface area (Å²) in [6.45, 7) is 8.10. The van der Waals surface area contributed by atoms with Crippen molar-refractivity contribution in [3.8, 4) is 5.75 Å². The van der Waals surface area contributed by atoms with Gasteiger partial charge < -0.3 is 10.5 Å². The number of benzene rings is 1. The van der Waals surface area contributed by atoms with Gasteiger partial charge in [0.2, 0.25) is 0 Å². The first-order valence-corrected chi connectivity index (χ1v) is 6.64. The fraction of sp³-hybridized carbons (Fsp3) is 0.600. The predicted octanol–water partition coefficient (Wildman–Crippen LogP) is 3.49. The van der Waals surface area contributed by atoms with Gasteiger partial charge in [-0.1, -0.05) is 32.9 Å². The van der Waals surface area contributed by atoms with Crippen LogP contribution in [0.4, 0.5) is 0 Å². The van der Waals surface area contributed by atoms with Crippen LogP contribution >= 0.6 is 0 Å². The molecule has 17 heavy (non-hydrogen) atoms. The van der Waals surface area contributed by atoms with Gasteiger partial charge in [0.05, 0.1) is 6.61 Å². The van der Waals surface area contributed by atoms with E-state index < -0.39 is 0 Å². The number of hydrogen-bond donors (Lipinski definition) is 1. The number of nitrogens with two attached hydrogens (primary N) is 1. The van der Waals surface area contributed by atoms with Gasteiger partial charge in [-0.3, -0.25) is 0 Å². The molecule has 0 atom stereocenters. The van der Waals surface area contributed by atoms with Gasteiger partial charge in [0, 0.05) is 0 Å². The second-order valence-electron chi connectivity index (χ2n) is 4.77. The van der Waals surface area contributed by atoms with Crippen molar-refractivity contribution in [2.24, 2.45) is 5.73 Å². The predicted molar refractivity (Wildman–Crippen MR) is 73.7 cm³/mol. The SMILES string of the molecule is CCCOc1ccc(CCCN)cc1C(C)C. The number of aryl methyl sites for hydroxylation is 1. The van der Waals surface area contributed by atoms with Crippen molar-refractivity contribution >= 4 is 0 Å². The van der Waals surface area contributed by atoms with E-state index in [-0.39, 0.29) is 0 Å². The summed E-state index contributed by atoms with van der Waals surface area (Å²) in [4.78, 5) is 0. The molecule has 1 rings (SSSR count). The molecule has 0 aliphatic carbocycles. The van der Waals surface area contributed by atoms with Gasteiger partial charge in [0.1, 0.15) is 5.75 Å². The normalized spacial score (nSPS) is 10.9. The largest absolute Gasteiger partial charge is 0.493 e. The van der Waals surface area contributed by atoms with E-state index in [1.165, 1.54) is 11.1 Å². The summed E-state index contributed by atoms with van der Waals surface area (Å²) in [5.41, 5.74) is 8.22. The zero-order valence-corrected chi connectivity index (χ0v) is 11.3. The second kappa shape index (κ2) is 7.33. The van der Waals surface area contributed by atoms with E-state index in [0.717, 1.165) is 38.2 Å². The molecule has 0 heterocycles. The molecular formula is C15H25NO. The third-order valence-corrected chi connectivity index (χ3v) is 2.83. The van der Waals surface area contributed by atoms with Crippen LogP contribution in [0.2, 0.25) is 0 Å². The zero-order chi connectivity index (χ0) is 12.7. The summed E-state index contributed by atoms with van der Waals surface area (Å²) in [6.07, 6.45) is 3.16. The molecule has 0 bridgehead atoms. The lowest BCUT2D eigenvalue weighted by atomic mass is 9.98. The fourth-order valence-electron chi connectivity index (χ4n) is 1.85. The smallest absolute Gasteiger partial charge is 0.122 e. The van der Waals surface area contributed by atoms with Gasteiger partial charge in [-0.15, -0.1) is 0 Å². The van der Waals surface area contributed by atoms with Gasteiger partial charge in [-0.2, -0.15) is 0 Å². The Bertz CT molecular complexity index is 334. The van der Waals surface area contributed by atoms with Gasteiger partial charge in [0.25, 0.3) is 0 Å². The van der Waals surface area contributed by atoms with Crippen LogP contribution < -0.4 is 10.5 Å². The van der Waals surface area contributed by atoms with E-state index in [1.54, 1.807) is 0 Å². The molecule has 2 N–H and O–H groups in total. The average Bonchev–Trinajstić information content (AvgIpc) is 2.34. The molecule has 0 aliphatic heterocycles. The zero-order valence-electron chi connectivity index (χ0n) is 11.3. The van der Waals surface area contributed by atoms with Crippen molar-refractivity contribution in [3.63, 3.8) is 0 Å². The average molecular weight is 235 g/mol. The van der Waals surface area contributed by atoms with Crippen molar-refractivity contribution in [1.29, 1.82) is 0 Å². The van der Waals surface area contributed by atoms with Crippen LogP contribution in [0, 0.1) is 0 Å². The maximum Gasteiger partial charge on any atom is 0.122 e. The molecule has 0 amide bonds. The summed E-state index contributed by atoms with van der Waals surface area (Å²) < 4.78 is 5.78. The Kier molecular flexibility index (Phi) is 6.06. The number of ether oxygens (including phenoxy) is 1. The van der Waals surface area contributed by atoms with Crippen molar-refractivity contribution in [1.82, 2.24) is 0 Å². The van der Waals surface area contributed by atoms with Crippen molar-refractivity contribution in [3.05, 3.63) is 29.3 Å². The quantitative estimate of drug-likeness (QED) is 0.785. The molecular weight excluding hydrogens is 210 g/mol. The summed E-state index contributed by atoms with van der Waals surface area (Å²) in [5.74, 6) is 1.54. The summed E-state index contributed by atoms with van der Waals surface area (Å²) in [7, 11) is 0. The molecule has 0 unspecified atom stereocenters. The second-order valence-corrected chi connectivity index (χ2v) is 4.77. The Balaban J connectivity index is 2.83. The van der Waals surface area contributed by atoms with Gasteiger partial charge >= 0.3 is 0 Å². The fourth-order valence-corrected chi connectivity index (χ4v) is 1.85. The molecule has 0 aliphatic rings. The summed E-state index contributed by atoms with van der Waals surface area (Å²) in [6, 6.07) is 6.54. The molecule has 0 radical (unpaired) electrons. The molecule has 0 spiro atoms. The Morgan fingerprint density at radius 2 is 2.06 bits per heavy atom. The van der Waals surface area contributed by atoms with E-state index in [9.17, 15) is 0 Å². The van der Waals surface area contributed by atoms with Crippen LogP contribution in [0.1, 0.15) is 50.7 Å². The molecule has 0 saturated heterocycles. The van der Waals surface area contributed by atoms with Crippen LogP contribution in [-0.4, -0.2) is 13.2 Å². The first-order chi connectivity index (χ1) is 8.19. The van der Waals surface area contributed by atoms with E-state index in [1.807, 2.05) is 0 Å². The summed E-state index contributed by atoms with van der Waals surface area (Å²) >= 11 is 0. The number of rotatable bonds is 7. The highest BCUT2D eigenvalue weighted by Gasteiger charge is 2.08. The highest BCUT2D eigenvalue weighted by atomic mass is 16.5. The van der Waals surface area contributed by atoms with E-state index >= 15 is 0 Å². The minimum Gasteiger partial charge on any atom is -0.493 e. The Hall–Kier alpha value is -1.02. The molecule has 1 aromatic carbocycles. The standard InChI is InChI=1S/C15H25NO/c1-4-10-17-15-8-7-13(6-5-9-16)11-14(15)12(2)3/h7-8,11-12H,4-6,9-10,16H2,1-3H3. The Labute approximate surface area is 105 Å². The molecule has 0 saturated carbocycles. The lowest BCUT2D eigenvalue weighted by molar-refractivity contribution is 0.313. The van der Waals surface area contributed by atoms with Crippen LogP contribution in [-0.2, 0) is 6.42 Å². The molecule has 0 fully saturated rings. The van der Waals surface area contributed by atoms with Crippen LogP contribution in [0.15, 0.2) is 18.2 Å². The van der Waals surface area contributed by atoms with Crippen molar-refractivity contribution in [2.45, 2.75) is 46.0 Å². The third-order valence-electron chi connectivity index (χ3n) is 2.83. The lowest BCUT2D eigenvalue weighted by Gasteiger charge is -2.15. The molecule has 96 valence electrons. The molecule has 2 heteroatoms. The van der Waals surface area contributed by atoms with Gasteiger partial charge in [-0.05, 0) is 48.9 Å². The van der Waals surface area contributed by atoms with Crippen LogP contribution in [0.3, 0.4) is 0 Å². The monoisotopic (exact) mass is 235 g/mol. The molecule has 0 aromatic heterocycles. The highest BCUT2D eigenvalue weighted by molar-refractivity contribution is 5.39.